The molecule has 4 nitrogen and oxygen atoms in total. The van der Waals surface area contributed by atoms with Crippen LogP contribution < -0.4 is 4.72 Å². The Labute approximate surface area is 133 Å². The van der Waals surface area contributed by atoms with Crippen molar-refractivity contribution >= 4 is 17.0 Å². The third-order valence-corrected chi connectivity index (χ3v) is 4.55. The molecular formula is C16H33NO3S. The maximum absolute atomic E-state index is 12.3. The molecule has 0 aliphatic carbocycles. The summed E-state index contributed by atoms with van der Waals surface area (Å²) in [7, 11) is -1.20. The molecule has 0 saturated heterocycles. The van der Waals surface area contributed by atoms with Gasteiger partial charge in [-0.25, -0.2) is 8.93 Å². The van der Waals surface area contributed by atoms with Crippen molar-refractivity contribution in [3.8, 4) is 0 Å². The zero-order valence-corrected chi connectivity index (χ0v) is 15.9. The highest BCUT2D eigenvalue weighted by atomic mass is 32.2. The molecule has 0 aromatic carbocycles. The summed E-state index contributed by atoms with van der Waals surface area (Å²) < 4.78 is 20.5. The standard InChI is InChI=1S/C16H33NO3S/c1-11(2)10-13(17-21(19)16(7,8)9)12(3)14(18)20-15(4,5)6/h11-13,17H,10H2,1-9H3/t12-,13+,21?/m0/s1. The summed E-state index contributed by atoms with van der Waals surface area (Å²) in [5.74, 6) is -0.172. The molecule has 0 saturated carbocycles. The van der Waals surface area contributed by atoms with Crippen molar-refractivity contribution in [2.75, 3.05) is 0 Å². The van der Waals surface area contributed by atoms with Gasteiger partial charge in [-0.3, -0.25) is 4.79 Å². The van der Waals surface area contributed by atoms with Crippen LogP contribution >= 0.6 is 0 Å². The number of ether oxygens (including phenoxy) is 1. The van der Waals surface area contributed by atoms with Gasteiger partial charge in [0.15, 0.2) is 0 Å². The van der Waals surface area contributed by atoms with E-state index in [4.69, 9.17) is 4.74 Å². The van der Waals surface area contributed by atoms with Crippen LogP contribution in [0, 0.1) is 11.8 Å². The van der Waals surface area contributed by atoms with Gasteiger partial charge in [0, 0.05) is 6.04 Å². The van der Waals surface area contributed by atoms with Crippen LogP contribution in [0.15, 0.2) is 0 Å². The normalized spacial score (nSPS) is 17.4. The molecule has 1 unspecified atom stereocenters. The van der Waals surface area contributed by atoms with E-state index in [0.29, 0.717) is 5.92 Å². The maximum Gasteiger partial charge on any atom is 0.310 e. The Morgan fingerprint density at radius 3 is 1.90 bits per heavy atom. The van der Waals surface area contributed by atoms with Gasteiger partial charge < -0.3 is 4.74 Å². The highest BCUT2D eigenvalue weighted by molar-refractivity contribution is 7.84. The van der Waals surface area contributed by atoms with E-state index in [1.54, 1.807) is 0 Å². The van der Waals surface area contributed by atoms with Crippen molar-refractivity contribution in [1.82, 2.24) is 4.72 Å². The fraction of sp³-hybridized carbons (Fsp3) is 0.938. The number of esters is 1. The molecule has 0 aromatic rings. The van der Waals surface area contributed by atoms with Crippen LogP contribution in [0.25, 0.3) is 0 Å². The monoisotopic (exact) mass is 319 g/mol. The lowest BCUT2D eigenvalue weighted by molar-refractivity contribution is -0.160. The van der Waals surface area contributed by atoms with Crippen molar-refractivity contribution in [3.63, 3.8) is 0 Å². The van der Waals surface area contributed by atoms with E-state index in [0.717, 1.165) is 6.42 Å². The van der Waals surface area contributed by atoms with Crippen molar-refractivity contribution in [2.45, 2.75) is 85.1 Å². The number of hydrogen-bond donors (Lipinski definition) is 1. The smallest absolute Gasteiger partial charge is 0.310 e. The largest absolute Gasteiger partial charge is 0.460 e. The van der Waals surface area contributed by atoms with Crippen LogP contribution in [-0.2, 0) is 20.5 Å². The average molecular weight is 320 g/mol. The number of nitrogens with one attached hydrogen (secondary N) is 1. The second-order valence-electron chi connectivity index (χ2n) is 8.06. The minimum atomic E-state index is -1.20. The Balaban J connectivity index is 4.98. The summed E-state index contributed by atoms with van der Waals surface area (Å²) in [5, 5.41) is 0. The molecule has 0 aromatic heterocycles. The SMILES string of the molecule is CC(C)C[C@@H](NS(=O)C(C)(C)C)[C@H](C)C(=O)OC(C)(C)C. The molecule has 0 fully saturated rings. The first-order valence-electron chi connectivity index (χ1n) is 7.65. The lowest BCUT2D eigenvalue weighted by Gasteiger charge is -2.30. The van der Waals surface area contributed by atoms with E-state index in [-0.39, 0.29) is 22.7 Å². The van der Waals surface area contributed by atoms with Crippen molar-refractivity contribution < 1.29 is 13.7 Å². The molecule has 0 aliphatic rings. The first-order chi connectivity index (χ1) is 9.24. The Morgan fingerprint density at radius 2 is 1.57 bits per heavy atom. The Hall–Kier alpha value is -0.420. The molecule has 0 amide bonds. The number of rotatable bonds is 6. The molecular weight excluding hydrogens is 286 g/mol. The van der Waals surface area contributed by atoms with Crippen LogP contribution in [0.4, 0.5) is 0 Å². The predicted molar refractivity (Wildman–Crippen MR) is 89.3 cm³/mol. The van der Waals surface area contributed by atoms with E-state index >= 15 is 0 Å². The first-order valence-corrected chi connectivity index (χ1v) is 8.80. The van der Waals surface area contributed by atoms with Crippen LogP contribution in [-0.4, -0.2) is 26.6 Å². The highest BCUT2D eigenvalue weighted by Gasteiger charge is 2.32. The lowest BCUT2D eigenvalue weighted by Crippen LogP contribution is -2.46. The average Bonchev–Trinajstić information content (AvgIpc) is 2.22. The molecule has 21 heavy (non-hydrogen) atoms. The zero-order chi connectivity index (χ0) is 17.0. The summed E-state index contributed by atoms with van der Waals surface area (Å²) in [6.07, 6.45) is 0.780. The van der Waals surface area contributed by atoms with Gasteiger partial charge >= 0.3 is 5.97 Å². The topological polar surface area (TPSA) is 55.4 Å². The van der Waals surface area contributed by atoms with Crippen LogP contribution in [0.5, 0.6) is 0 Å². The number of carbonyl (C=O) groups excluding carboxylic acids is 1. The van der Waals surface area contributed by atoms with Gasteiger partial charge in [-0.15, -0.1) is 0 Å². The Bertz CT molecular complexity index is 367. The van der Waals surface area contributed by atoms with E-state index < -0.39 is 16.6 Å². The Morgan fingerprint density at radius 1 is 1.10 bits per heavy atom. The van der Waals surface area contributed by atoms with Gasteiger partial charge in [-0.05, 0) is 53.9 Å². The molecule has 0 rings (SSSR count). The minimum absolute atomic E-state index is 0.153. The Kier molecular flexibility index (Phi) is 7.57. The van der Waals surface area contributed by atoms with Crippen molar-refractivity contribution in [3.05, 3.63) is 0 Å². The van der Waals surface area contributed by atoms with Gasteiger partial charge in [-0.2, -0.15) is 0 Å². The summed E-state index contributed by atoms with van der Waals surface area (Å²) >= 11 is 0. The van der Waals surface area contributed by atoms with E-state index in [1.807, 2.05) is 48.5 Å². The minimum Gasteiger partial charge on any atom is -0.460 e. The van der Waals surface area contributed by atoms with Gasteiger partial charge in [0.25, 0.3) is 0 Å². The first kappa shape index (κ1) is 20.6. The van der Waals surface area contributed by atoms with Crippen LogP contribution in [0.2, 0.25) is 0 Å². The summed E-state index contributed by atoms with van der Waals surface area (Å²) in [5.41, 5.74) is -0.503. The molecule has 0 spiro atoms. The lowest BCUT2D eigenvalue weighted by atomic mass is 9.94. The van der Waals surface area contributed by atoms with Crippen molar-refractivity contribution in [1.29, 1.82) is 0 Å². The van der Waals surface area contributed by atoms with Crippen LogP contribution in [0.3, 0.4) is 0 Å². The molecule has 3 atom stereocenters. The molecule has 126 valence electrons. The third kappa shape index (κ3) is 8.57. The van der Waals surface area contributed by atoms with Gasteiger partial charge in [-0.1, -0.05) is 20.8 Å². The third-order valence-electron chi connectivity index (χ3n) is 2.92. The zero-order valence-electron chi connectivity index (χ0n) is 15.1. The molecule has 5 heteroatoms. The molecule has 0 radical (unpaired) electrons. The molecule has 0 bridgehead atoms. The van der Waals surface area contributed by atoms with Crippen molar-refractivity contribution in [2.24, 2.45) is 11.8 Å². The fourth-order valence-electron chi connectivity index (χ4n) is 1.74. The molecule has 0 heterocycles. The van der Waals surface area contributed by atoms with E-state index in [9.17, 15) is 9.00 Å². The quantitative estimate of drug-likeness (QED) is 0.763. The summed E-state index contributed by atoms with van der Waals surface area (Å²) in [6.45, 7) is 17.4. The van der Waals surface area contributed by atoms with Gasteiger partial charge in [0.1, 0.15) is 5.60 Å². The van der Waals surface area contributed by atoms with E-state index in [1.165, 1.54) is 0 Å². The van der Waals surface area contributed by atoms with Gasteiger partial charge in [0.2, 0.25) is 0 Å². The summed E-state index contributed by atoms with van der Waals surface area (Å²) in [4.78, 5) is 12.3. The van der Waals surface area contributed by atoms with Gasteiger partial charge in [0.05, 0.1) is 21.7 Å². The highest BCUT2D eigenvalue weighted by Crippen LogP contribution is 2.20. The second-order valence-corrected chi connectivity index (χ2v) is 10.1. The fourth-order valence-corrected chi connectivity index (χ4v) is 2.66. The van der Waals surface area contributed by atoms with Crippen LogP contribution in [0.1, 0.15) is 68.7 Å². The second kappa shape index (κ2) is 7.73. The maximum atomic E-state index is 12.3. The van der Waals surface area contributed by atoms with E-state index in [2.05, 4.69) is 18.6 Å². The number of carbonyl (C=O) groups is 1. The molecule has 0 aliphatic heterocycles. The number of hydrogen-bond acceptors (Lipinski definition) is 3. The summed E-state index contributed by atoms with van der Waals surface area (Å²) in [6, 6.07) is -0.153. The predicted octanol–water partition coefficient (Wildman–Crippen LogP) is 3.43. The molecule has 1 N–H and O–H groups in total.